The van der Waals surface area contributed by atoms with Gasteiger partial charge in [-0.2, -0.15) is 0 Å². The summed E-state index contributed by atoms with van der Waals surface area (Å²) in [6.45, 7) is 5.80. The number of anilines is 1. The summed E-state index contributed by atoms with van der Waals surface area (Å²) in [6, 6.07) is 16.0. The second kappa shape index (κ2) is 11.3. The Kier molecular flexibility index (Phi) is 7.98. The standard InChI is InChI=1S/C29H24BrFN2O4/c1-3-7-20-14-19(16-24(30)26(20)37-17-21-8-5-6-9-25(21)31)15-23-27(34)32-29(36)33(28(23)35)22-12-10-18(4-2)11-13-22/h3,5-6,8-16H,1,4,7,17H2,2H3,(H,32,34,36)/b23-15-. The zero-order valence-electron chi connectivity index (χ0n) is 20.1. The fraction of sp³-hybridized carbons (Fsp3) is 0.138. The van der Waals surface area contributed by atoms with Crippen LogP contribution in [0.15, 0.2) is 83.4 Å². The summed E-state index contributed by atoms with van der Waals surface area (Å²) in [5.41, 5.74) is 2.90. The number of imide groups is 2. The Morgan fingerprint density at radius 2 is 1.78 bits per heavy atom. The Hall–Kier alpha value is -4.04. The van der Waals surface area contributed by atoms with Crippen molar-refractivity contribution in [1.29, 1.82) is 0 Å². The number of barbiturate groups is 1. The van der Waals surface area contributed by atoms with Gasteiger partial charge < -0.3 is 4.74 Å². The molecule has 3 aromatic rings. The van der Waals surface area contributed by atoms with Gasteiger partial charge in [0.25, 0.3) is 11.8 Å². The fourth-order valence-corrected chi connectivity index (χ4v) is 4.56. The van der Waals surface area contributed by atoms with Crippen molar-refractivity contribution in [2.75, 3.05) is 4.90 Å². The van der Waals surface area contributed by atoms with Crippen molar-refractivity contribution in [2.45, 2.75) is 26.4 Å². The Bertz CT molecular complexity index is 1420. The average molecular weight is 563 g/mol. The molecule has 1 aliphatic rings. The van der Waals surface area contributed by atoms with E-state index in [0.29, 0.717) is 33.5 Å². The van der Waals surface area contributed by atoms with Crippen molar-refractivity contribution >= 4 is 45.5 Å². The summed E-state index contributed by atoms with van der Waals surface area (Å²) in [4.78, 5) is 39.3. The summed E-state index contributed by atoms with van der Waals surface area (Å²) >= 11 is 3.49. The van der Waals surface area contributed by atoms with Gasteiger partial charge >= 0.3 is 6.03 Å². The van der Waals surface area contributed by atoms with Crippen LogP contribution in [0.1, 0.15) is 29.2 Å². The predicted octanol–water partition coefficient (Wildman–Crippen LogP) is 6.12. The molecule has 0 saturated carbocycles. The van der Waals surface area contributed by atoms with Crippen molar-refractivity contribution in [1.82, 2.24) is 5.32 Å². The first kappa shape index (κ1) is 26.0. The van der Waals surface area contributed by atoms with Crippen LogP contribution >= 0.6 is 15.9 Å². The van der Waals surface area contributed by atoms with Crippen LogP contribution in [-0.4, -0.2) is 17.8 Å². The van der Waals surface area contributed by atoms with Crippen LogP contribution in [0, 0.1) is 5.82 Å². The van der Waals surface area contributed by atoms with E-state index >= 15 is 0 Å². The molecule has 6 nitrogen and oxygen atoms in total. The number of amides is 4. The lowest BCUT2D eigenvalue weighted by Crippen LogP contribution is -2.54. The van der Waals surface area contributed by atoms with E-state index in [1.807, 2.05) is 19.1 Å². The van der Waals surface area contributed by atoms with Gasteiger partial charge in [0.2, 0.25) is 0 Å². The number of hydrogen-bond acceptors (Lipinski definition) is 4. The van der Waals surface area contributed by atoms with Gasteiger partial charge in [-0.1, -0.05) is 43.3 Å². The number of hydrogen-bond donors (Lipinski definition) is 1. The lowest BCUT2D eigenvalue weighted by atomic mass is 10.0. The first-order chi connectivity index (χ1) is 17.8. The first-order valence-corrected chi connectivity index (χ1v) is 12.4. The van der Waals surface area contributed by atoms with E-state index in [1.165, 1.54) is 12.1 Å². The zero-order valence-corrected chi connectivity index (χ0v) is 21.7. The molecule has 0 spiro atoms. The maximum atomic E-state index is 14.0. The largest absolute Gasteiger partial charge is 0.487 e. The normalized spacial score (nSPS) is 14.6. The molecule has 0 unspecified atom stereocenters. The van der Waals surface area contributed by atoms with Crippen molar-refractivity contribution in [3.8, 4) is 5.75 Å². The number of ether oxygens (including phenoxy) is 1. The van der Waals surface area contributed by atoms with Gasteiger partial charge in [-0.05, 0) is 81.9 Å². The number of halogens is 2. The van der Waals surface area contributed by atoms with Crippen LogP contribution in [0.5, 0.6) is 5.75 Å². The van der Waals surface area contributed by atoms with Crippen LogP contribution in [-0.2, 0) is 29.0 Å². The minimum atomic E-state index is -0.804. The molecule has 0 atom stereocenters. The molecule has 0 bridgehead atoms. The van der Waals surface area contributed by atoms with E-state index in [2.05, 4.69) is 27.8 Å². The molecule has 0 aliphatic carbocycles. The second-order valence-electron chi connectivity index (χ2n) is 8.34. The summed E-state index contributed by atoms with van der Waals surface area (Å²) in [5.74, 6) is -1.37. The summed E-state index contributed by atoms with van der Waals surface area (Å²) in [7, 11) is 0. The topological polar surface area (TPSA) is 75.7 Å². The number of rotatable bonds is 8. The van der Waals surface area contributed by atoms with Gasteiger partial charge in [-0.3, -0.25) is 14.9 Å². The minimum absolute atomic E-state index is 0.0185. The van der Waals surface area contributed by atoms with Crippen LogP contribution in [0.25, 0.3) is 6.08 Å². The third-order valence-corrected chi connectivity index (χ3v) is 6.44. The Morgan fingerprint density at radius 1 is 1.05 bits per heavy atom. The highest BCUT2D eigenvalue weighted by Crippen LogP contribution is 2.34. The van der Waals surface area contributed by atoms with E-state index in [-0.39, 0.29) is 18.0 Å². The van der Waals surface area contributed by atoms with Gasteiger partial charge in [0, 0.05) is 5.56 Å². The van der Waals surface area contributed by atoms with E-state index < -0.39 is 17.8 Å². The minimum Gasteiger partial charge on any atom is -0.487 e. The van der Waals surface area contributed by atoms with Crippen molar-refractivity contribution in [2.24, 2.45) is 0 Å². The molecule has 1 N–H and O–H groups in total. The van der Waals surface area contributed by atoms with Gasteiger partial charge in [0.1, 0.15) is 23.7 Å². The number of carbonyl (C=O) groups is 3. The average Bonchev–Trinajstić information content (AvgIpc) is 2.87. The van der Waals surface area contributed by atoms with Gasteiger partial charge in [-0.15, -0.1) is 6.58 Å². The Labute approximate surface area is 222 Å². The molecular weight excluding hydrogens is 539 g/mol. The monoisotopic (exact) mass is 562 g/mol. The summed E-state index contributed by atoms with van der Waals surface area (Å²) < 4.78 is 20.5. The second-order valence-corrected chi connectivity index (χ2v) is 9.20. The highest BCUT2D eigenvalue weighted by Gasteiger charge is 2.36. The van der Waals surface area contributed by atoms with Crippen LogP contribution in [0.3, 0.4) is 0 Å². The highest BCUT2D eigenvalue weighted by atomic mass is 79.9. The van der Waals surface area contributed by atoms with Crippen LogP contribution in [0.4, 0.5) is 14.9 Å². The molecule has 1 heterocycles. The number of nitrogens with one attached hydrogen (secondary N) is 1. The SMILES string of the molecule is C=CCc1cc(/C=C2/C(=O)NC(=O)N(c3ccc(CC)cc3)C2=O)cc(Br)c1OCc1ccccc1F. The quantitative estimate of drug-likeness (QED) is 0.204. The molecule has 0 radical (unpaired) electrons. The lowest BCUT2D eigenvalue weighted by Gasteiger charge is -2.26. The fourth-order valence-electron chi connectivity index (χ4n) is 3.93. The van der Waals surface area contributed by atoms with E-state index in [0.717, 1.165) is 22.4 Å². The Balaban J connectivity index is 1.66. The molecule has 3 aromatic carbocycles. The van der Waals surface area contributed by atoms with Gasteiger partial charge in [0.15, 0.2) is 0 Å². The van der Waals surface area contributed by atoms with Crippen molar-refractivity contribution < 1.29 is 23.5 Å². The third kappa shape index (κ3) is 5.70. The van der Waals surface area contributed by atoms with E-state index in [9.17, 15) is 18.8 Å². The molecule has 1 saturated heterocycles. The maximum absolute atomic E-state index is 14.0. The molecule has 0 aromatic heterocycles. The molecule has 1 fully saturated rings. The van der Waals surface area contributed by atoms with Crippen LogP contribution < -0.4 is 15.0 Å². The first-order valence-electron chi connectivity index (χ1n) is 11.6. The lowest BCUT2D eigenvalue weighted by molar-refractivity contribution is -0.122. The van der Waals surface area contributed by atoms with Crippen molar-refractivity contribution in [3.63, 3.8) is 0 Å². The Morgan fingerprint density at radius 3 is 2.46 bits per heavy atom. The number of nitrogens with zero attached hydrogens (tertiary/aromatic N) is 1. The smallest absolute Gasteiger partial charge is 0.335 e. The predicted molar refractivity (Wildman–Crippen MR) is 144 cm³/mol. The van der Waals surface area contributed by atoms with E-state index in [1.54, 1.807) is 48.5 Å². The summed E-state index contributed by atoms with van der Waals surface area (Å²) in [6.07, 6.45) is 4.35. The number of urea groups is 1. The number of allylic oxidation sites excluding steroid dienone is 1. The third-order valence-electron chi connectivity index (χ3n) is 5.85. The van der Waals surface area contributed by atoms with Crippen LogP contribution in [0.2, 0.25) is 0 Å². The zero-order chi connectivity index (χ0) is 26.5. The number of benzene rings is 3. The molecule has 8 heteroatoms. The van der Waals surface area contributed by atoms with Gasteiger partial charge in [-0.25, -0.2) is 14.1 Å². The molecule has 4 rings (SSSR count). The number of aryl methyl sites for hydroxylation is 1. The molecule has 4 amide bonds. The number of carbonyl (C=O) groups excluding carboxylic acids is 3. The molecule has 1 aliphatic heterocycles. The highest BCUT2D eigenvalue weighted by molar-refractivity contribution is 9.10. The maximum Gasteiger partial charge on any atom is 0.335 e. The van der Waals surface area contributed by atoms with Crippen molar-refractivity contribution in [3.05, 3.63) is 111 Å². The molecule has 188 valence electrons. The van der Waals surface area contributed by atoms with Gasteiger partial charge in [0.05, 0.1) is 10.2 Å². The molecular formula is C29H24BrFN2O4. The van der Waals surface area contributed by atoms with E-state index in [4.69, 9.17) is 4.74 Å². The summed E-state index contributed by atoms with van der Waals surface area (Å²) in [5, 5.41) is 2.24. The molecule has 37 heavy (non-hydrogen) atoms.